The van der Waals surface area contributed by atoms with Gasteiger partial charge in [0.15, 0.2) is 4.96 Å². The van der Waals surface area contributed by atoms with E-state index >= 15 is 0 Å². The minimum atomic E-state index is 1.06. The third kappa shape index (κ3) is 1.50. The number of aromatic nitrogens is 2. The fraction of sp³-hybridized carbons (Fsp3) is 0.214. The van der Waals surface area contributed by atoms with E-state index in [1.54, 1.807) is 11.3 Å². The van der Waals surface area contributed by atoms with E-state index in [1.165, 1.54) is 16.1 Å². The van der Waals surface area contributed by atoms with Gasteiger partial charge in [-0.2, -0.15) is 0 Å². The van der Waals surface area contributed by atoms with E-state index in [-0.39, 0.29) is 0 Å². The van der Waals surface area contributed by atoms with E-state index < -0.39 is 0 Å². The summed E-state index contributed by atoms with van der Waals surface area (Å²) in [5, 5.41) is 0. The molecule has 0 radical (unpaired) electrons. The third-order valence-electron chi connectivity index (χ3n) is 2.92. The number of rotatable bonds is 2. The van der Waals surface area contributed by atoms with Crippen molar-refractivity contribution in [1.29, 1.82) is 0 Å². The Hall–Kier alpha value is -1.61. The minimum Gasteiger partial charge on any atom is -0.283 e. The Morgan fingerprint density at radius 1 is 1.35 bits per heavy atom. The summed E-state index contributed by atoms with van der Waals surface area (Å²) in [6, 6.07) is 8.31. The highest BCUT2D eigenvalue weighted by molar-refractivity contribution is 7.17. The number of aryl methyl sites for hydroxylation is 1. The summed E-state index contributed by atoms with van der Waals surface area (Å²) in [4.78, 5) is 7.17. The highest BCUT2D eigenvalue weighted by Crippen LogP contribution is 2.29. The summed E-state index contributed by atoms with van der Waals surface area (Å²) in [5.41, 5.74) is 3.56. The number of imidazole rings is 1. The lowest BCUT2D eigenvalue weighted by molar-refractivity contribution is 1.13. The second-order valence-electron chi connectivity index (χ2n) is 3.98. The third-order valence-corrected chi connectivity index (χ3v) is 4.12. The van der Waals surface area contributed by atoms with Crippen molar-refractivity contribution in [2.75, 3.05) is 0 Å². The van der Waals surface area contributed by atoms with Gasteiger partial charge in [-0.25, -0.2) is 4.98 Å². The zero-order valence-corrected chi connectivity index (χ0v) is 10.8. The van der Waals surface area contributed by atoms with Crippen LogP contribution in [0.1, 0.15) is 24.4 Å². The molecule has 0 N–H and O–H groups in total. The fourth-order valence-electron chi connectivity index (χ4n) is 2.17. The first-order chi connectivity index (χ1) is 8.35. The topological polar surface area (TPSA) is 17.3 Å². The largest absolute Gasteiger partial charge is 0.283 e. The number of thiazole rings is 1. The first-order valence-corrected chi connectivity index (χ1v) is 6.68. The number of hydrogen-bond acceptors (Lipinski definition) is 2. The van der Waals surface area contributed by atoms with Crippen LogP contribution < -0.4 is 0 Å². The van der Waals surface area contributed by atoms with E-state index in [9.17, 15) is 0 Å². The maximum atomic E-state index is 4.67. The van der Waals surface area contributed by atoms with Crippen molar-refractivity contribution in [3.05, 3.63) is 40.9 Å². The summed E-state index contributed by atoms with van der Waals surface area (Å²) < 4.78 is 2.26. The molecule has 0 saturated heterocycles. The molecule has 0 bridgehead atoms. The molecule has 0 atom stereocenters. The average Bonchev–Trinajstić information content (AvgIpc) is 2.86. The maximum Gasteiger partial charge on any atom is 0.195 e. The molecule has 0 amide bonds. The van der Waals surface area contributed by atoms with Crippen molar-refractivity contribution in [2.45, 2.75) is 20.3 Å². The first-order valence-electron chi connectivity index (χ1n) is 5.86. The standard InChI is InChI=1S/C14H14N2S/c1-3-7-12-13(4-2)17-14-15-10-8-5-6-9-11(10)16(12)14/h3,5-9H,4H2,1-2H3/b7-3-. The normalized spacial score (nSPS) is 12.1. The molecule has 0 unspecified atom stereocenters. The van der Waals surface area contributed by atoms with Gasteiger partial charge in [-0.15, -0.1) is 11.3 Å². The van der Waals surface area contributed by atoms with Gasteiger partial charge in [0.25, 0.3) is 0 Å². The van der Waals surface area contributed by atoms with Crippen molar-refractivity contribution in [3.63, 3.8) is 0 Å². The van der Waals surface area contributed by atoms with Crippen LogP contribution in [-0.2, 0) is 6.42 Å². The lowest BCUT2D eigenvalue weighted by atomic mass is 10.2. The van der Waals surface area contributed by atoms with Crippen molar-refractivity contribution >= 4 is 33.4 Å². The van der Waals surface area contributed by atoms with Crippen molar-refractivity contribution < 1.29 is 0 Å². The van der Waals surface area contributed by atoms with E-state index in [1.807, 2.05) is 6.07 Å². The number of allylic oxidation sites excluding steroid dienone is 1. The Morgan fingerprint density at radius 3 is 2.94 bits per heavy atom. The van der Waals surface area contributed by atoms with Crippen LogP contribution in [0.4, 0.5) is 0 Å². The van der Waals surface area contributed by atoms with Gasteiger partial charge in [0.1, 0.15) is 0 Å². The highest BCUT2D eigenvalue weighted by Gasteiger charge is 2.12. The van der Waals surface area contributed by atoms with Gasteiger partial charge < -0.3 is 0 Å². The highest BCUT2D eigenvalue weighted by atomic mass is 32.1. The summed E-state index contributed by atoms with van der Waals surface area (Å²) in [7, 11) is 0. The van der Waals surface area contributed by atoms with E-state index in [0.29, 0.717) is 0 Å². The summed E-state index contributed by atoms with van der Waals surface area (Å²) >= 11 is 1.79. The molecule has 17 heavy (non-hydrogen) atoms. The van der Waals surface area contributed by atoms with Crippen LogP contribution in [0.25, 0.3) is 22.1 Å². The Labute approximate surface area is 104 Å². The van der Waals surface area contributed by atoms with E-state index in [0.717, 1.165) is 16.9 Å². The van der Waals surface area contributed by atoms with Crippen LogP contribution in [0.3, 0.4) is 0 Å². The predicted molar refractivity (Wildman–Crippen MR) is 74.7 cm³/mol. The maximum absolute atomic E-state index is 4.67. The SMILES string of the molecule is C/C=C\c1c(CC)sc2nc3ccccc3n12. The molecule has 2 aromatic heterocycles. The molecule has 0 saturated carbocycles. The van der Waals surface area contributed by atoms with Gasteiger partial charge in [-0.1, -0.05) is 25.1 Å². The van der Waals surface area contributed by atoms with Crippen molar-refractivity contribution in [3.8, 4) is 0 Å². The van der Waals surface area contributed by atoms with Crippen LogP contribution in [-0.4, -0.2) is 9.38 Å². The number of hydrogen-bond donors (Lipinski definition) is 0. The molecule has 1 aromatic carbocycles. The van der Waals surface area contributed by atoms with Gasteiger partial charge in [-0.3, -0.25) is 4.40 Å². The summed E-state index contributed by atoms with van der Waals surface area (Å²) in [6.45, 7) is 4.25. The summed E-state index contributed by atoms with van der Waals surface area (Å²) in [6.07, 6.45) is 5.33. The lowest BCUT2D eigenvalue weighted by Gasteiger charge is -1.97. The molecular formula is C14H14N2S. The Morgan fingerprint density at radius 2 is 2.18 bits per heavy atom. The molecule has 0 fully saturated rings. The minimum absolute atomic E-state index is 1.06. The van der Waals surface area contributed by atoms with Crippen LogP contribution in [0.15, 0.2) is 30.3 Å². The van der Waals surface area contributed by atoms with Crippen LogP contribution >= 0.6 is 11.3 Å². The van der Waals surface area contributed by atoms with Crippen molar-refractivity contribution in [2.24, 2.45) is 0 Å². The number of nitrogens with zero attached hydrogens (tertiary/aromatic N) is 2. The van der Waals surface area contributed by atoms with E-state index in [4.69, 9.17) is 0 Å². The van der Waals surface area contributed by atoms with Gasteiger partial charge >= 0.3 is 0 Å². The van der Waals surface area contributed by atoms with Gasteiger partial charge in [0, 0.05) is 4.88 Å². The fourth-order valence-corrected chi connectivity index (χ4v) is 3.23. The Kier molecular flexibility index (Phi) is 2.48. The number of para-hydroxylation sites is 2. The molecule has 0 aliphatic heterocycles. The van der Waals surface area contributed by atoms with Crippen LogP contribution in [0.5, 0.6) is 0 Å². The molecule has 86 valence electrons. The molecule has 2 heterocycles. The zero-order chi connectivity index (χ0) is 11.8. The molecule has 0 spiro atoms. The van der Waals surface area contributed by atoms with Crippen molar-refractivity contribution in [1.82, 2.24) is 9.38 Å². The van der Waals surface area contributed by atoms with Gasteiger partial charge in [-0.05, 0) is 31.6 Å². The van der Waals surface area contributed by atoms with E-state index in [2.05, 4.69) is 53.6 Å². The molecule has 3 heteroatoms. The van der Waals surface area contributed by atoms with Crippen LogP contribution in [0.2, 0.25) is 0 Å². The molecule has 0 aliphatic rings. The quantitative estimate of drug-likeness (QED) is 0.660. The monoisotopic (exact) mass is 242 g/mol. The lowest BCUT2D eigenvalue weighted by Crippen LogP contribution is -1.87. The first kappa shape index (κ1) is 10.5. The molecular weight excluding hydrogens is 228 g/mol. The smallest absolute Gasteiger partial charge is 0.195 e. The molecule has 2 nitrogen and oxygen atoms in total. The van der Waals surface area contributed by atoms with Gasteiger partial charge in [0.2, 0.25) is 0 Å². The van der Waals surface area contributed by atoms with Gasteiger partial charge in [0.05, 0.1) is 16.7 Å². The molecule has 3 aromatic rings. The second kappa shape index (κ2) is 4.00. The number of benzene rings is 1. The predicted octanol–water partition coefficient (Wildman–Crippen LogP) is 4.14. The molecule has 0 aliphatic carbocycles. The Balaban J connectivity index is 2.46. The second-order valence-corrected chi connectivity index (χ2v) is 5.04. The number of fused-ring (bicyclic) bond motifs is 3. The van der Waals surface area contributed by atoms with Crippen LogP contribution in [0, 0.1) is 0 Å². The summed E-state index contributed by atoms with van der Waals surface area (Å²) in [5.74, 6) is 0. The average molecular weight is 242 g/mol. The Bertz CT molecular complexity index is 703. The zero-order valence-electron chi connectivity index (χ0n) is 9.97. The molecule has 3 rings (SSSR count).